The van der Waals surface area contributed by atoms with E-state index in [1.165, 1.54) is 0 Å². The number of carbonyl (C=O) groups is 1. The maximum absolute atomic E-state index is 10.5. The maximum atomic E-state index is 10.5. The highest BCUT2D eigenvalue weighted by Gasteiger charge is 2.57. The van der Waals surface area contributed by atoms with E-state index in [0.29, 0.717) is 12.5 Å². The Morgan fingerprint density at radius 1 is 1.88 bits per heavy atom. The van der Waals surface area contributed by atoms with E-state index in [0.717, 1.165) is 6.42 Å². The normalized spacial score (nSPS) is 50.6. The smallest absolute Gasteiger partial charge is 0.222 e. The molecule has 8 heavy (non-hydrogen) atoms. The first-order valence-corrected chi connectivity index (χ1v) is 2.79. The summed E-state index contributed by atoms with van der Waals surface area (Å²) in [5, 5.41) is 2.77. The summed E-state index contributed by atoms with van der Waals surface area (Å²) in [7, 11) is 0. The molecule has 2 atom stereocenters. The summed E-state index contributed by atoms with van der Waals surface area (Å²) in [5.74, 6) is 0.115. The molecular formula is C5H8N2O. The van der Waals surface area contributed by atoms with Gasteiger partial charge in [0.05, 0.1) is 0 Å². The molecule has 0 spiro atoms. The molecule has 2 rings (SSSR count). The third kappa shape index (κ3) is 0.351. The SMILES string of the molecule is NC12CC(=O)NC1C2. The molecule has 0 radical (unpaired) electrons. The van der Waals surface area contributed by atoms with Gasteiger partial charge in [0.2, 0.25) is 5.91 Å². The van der Waals surface area contributed by atoms with E-state index in [2.05, 4.69) is 5.32 Å². The van der Waals surface area contributed by atoms with E-state index in [1.54, 1.807) is 0 Å². The Balaban J connectivity index is 2.21. The quantitative estimate of drug-likeness (QED) is 0.421. The summed E-state index contributed by atoms with van der Waals surface area (Å²) in [4.78, 5) is 10.5. The number of amides is 1. The number of hydrogen-bond acceptors (Lipinski definition) is 2. The van der Waals surface area contributed by atoms with Gasteiger partial charge in [0.1, 0.15) is 0 Å². The van der Waals surface area contributed by atoms with Crippen molar-refractivity contribution in [1.29, 1.82) is 0 Å². The van der Waals surface area contributed by atoms with Gasteiger partial charge in [0.25, 0.3) is 0 Å². The zero-order valence-electron chi connectivity index (χ0n) is 4.48. The maximum Gasteiger partial charge on any atom is 0.222 e. The summed E-state index contributed by atoms with van der Waals surface area (Å²) < 4.78 is 0. The molecule has 3 heteroatoms. The van der Waals surface area contributed by atoms with Crippen LogP contribution in [0, 0.1) is 0 Å². The standard InChI is InChI=1S/C5H8N2O/c6-5-1-3(5)7-4(8)2-5/h3H,1-2,6H2,(H,7,8). The predicted molar refractivity (Wildman–Crippen MR) is 28.1 cm³/mol. The molecule has 1 aliphatic carbocycles. The van der Waals surface area contributed by atoms with Gasteiger partial charge in [-0.05, 0) is 6.42 Å². The second-order valence-electron chi connectivity index (χ2n) is 2.73. The van der Waals surface area contributed by atoms with E-state index >= 15 is 0 Å². The average molecular weight is 112 g/mol. The number of nitrogens with two attached hydrogens (primary N) is 1. The third-order valence-corrected chi connectivity index (χ3v) is 1.94. The fourth-order valence-corrected chi connectivity index (χ4v) is 1.26. The van der Waals surface area contributed by atoms with Crippen LogP contribution in [0.5, 0.6) is 0 Å². The third-order valence-electron chi connectivity index (χ3n) is 1.94. The summed E-state index contributed by atoms with van der Waals surface area (Å²) in [6, 6.07) is 0.315. The van der Waals surface area contributed by atoms with Crippen molar-refractivity contribution >= 4 is 5.91 Å². The van der Waals surface area contributed by atoms with Crippen LogP contribution < -0.4 is 11.1 Å². The molecule has 0 aromatic heterocycles. The molecule has 1 aliphatic heterocycles. The van der Waals surface area contributed by atoms with Gasteiger partial charge in [0.15, 0.2) is 0 Å². The summed E-state index contributed by atoms with van der Waals surface area (Å²) in [5.41, 5.74) is 5.53. The first-order chi connectivity index (χ1) is 3.71. The number of carbonyl (C=O) groups excluding carboxylic acids is 1. The largest absolute Gasteiger partial charge is 0.351 e. The second-order valence-corrected chi connectivity index (χ2v) is 2.73. The van der Waals surface area contributed by atoms with Crippen molar-refractivity contribution in [2.24, 2.45) is 5.73 Å². The number of hydrogen-bond donors (Lipinski definition) is 2. The average Bonchev–Trinajstić information content (AvgIpc) is 2.07. The highest BCUT2D eigenvalue weighted by atomic mass is 16.2. The molecule has 44 valence electrons. The Bertz CT molecular complexity index is 157. The van der Waals surface area contributed by atoms with Crippen molar-refractivity contribution in [3.05, 3.63) is 0 Å². The Morgan fingerprint density at radius 2 is 2.62 bits per heavy atom. The molecule has 3 nitrogen and oxygen atoms in total. The number of fused-ring (bicyclic) bond motifs is 1. The van der Waals surface area contributed by atoms with Gasteiger partial charge >= 0.3 is 0 Å². The molecular weight excluding hydrogens is 104 g/mol. The molecule has 0 bridgehead atoms. The highest BCUT2D eigenvalue weighted by Crippen LogP contribution is 2.40. The number of rotatable bonds is 0. The van der Waals surface area contributed by atoms with E-state index < -0.39 is 0 Å². The minimum absolute atomic E-state index is 0.115. The molecule has 1 saturated carbocycles. The van der Waals surface area contributed by atoms with E-state index in [9.17, 15) is 4.79 Å². The Kier molecular flexibility index (Phi) is 0.492. The van der Waals surface area contributed by atoms with Crippen LogP contribution >= 0.6 is 0 Å². The van der Waals surface area contributed by atoms with Gasteiger partial charge in [-0.3, -0.25) is 4.79 Å². The minimum Gasteiger partial charge on any atom is -0.351 e. The van der Waals surface area contributed by atoms with E-state index in [1.807, 2.05) is 0 Å². The molecule has 1 amide bonds. The van der Waals surface area contributed by atoms with Crippen LogP contribution in [-0.2, 0) is 4.79 Å². The summed E-state index contributed by atoms with van der Waals surface area (Å²) in [6.07, 6.45) is 1.52. The lowest BCUT2D eigenvalue weighted by Gasteiger charge is -1.94. The van der Waals surface area contributed by atoms with Crippen molar-refractivity contribution < 1.29 is 4.79 Å². The first kappa shape index (κ1) is 4.32. The van der Waals surface area contributed by atoms with Crippen LogP contribution in [0.3, 0.4) is 0 Å². The van der Waals surface area contributed by atoms with Crippen molar-refractivity contribution in [2.45, 2.75) is 24.4 Å². The molecule has 2 aliphatic rings. The molecule has 0 aromatic rings. The monoisotopic (exact) mass is 112 g/mol. The van der Waals surface area contributed by atoms with Crippen LogP contribution in [0.2, 0.25) is 0 Å². The van der Waals surface area contributed by atoms with Crippen molar-refractivity contribution in [2.75, 3.05) is 0 Å². The Labute approximate surface area is 47.2 Å². The van der Waals surface area contributed by atoms with Crippen LogP contribution in [0.4, 0.5) is 0 Å². The van der Waals surface area contributed by atoms with Gasteiger partial charge < -0.3 is 11.1 Å². The highest BCUT2D eigenvalue weighted by molar-refractivity contribution is 5.83. The lowest BCUT2D eigenvalue weighted by atomic mass is 10.2. The fourth-order valence-electron chi connectivity index (χ4n) is 1.26. The molecule has 1 saturated heterocycles. The minimum atomic E-state index is -0.128. The van der Waals surface area contributed by atoms with Crippen LogP contribution in [-0.4, -0.2) is 17.5 Å². The molecule has 0 aromatic carbocycles. The molecule has 2 fully saturated rings. The van der Waals surface area contributed by atoms with Gasteiger partial charge in [-0.15, -0.1) is 0 Å². The summed E-state index contributed by atoms with van der Waals surface area (Å²) >= 11 is 0. The van der Waals surface area contributed by atoms with Crippen LogP contribution in [0.25, 0.3) is 0 Å². The fraction of sp³-hybridized carbons (Fsp3) is 0.800. The van der Waals surface area contributed by atoms with E-state index in [4.69, 9.17) is 5.73 Å². The van der Waals surface area contributed by atoms with Gasteiger partial charge in [-0.25, -0.2) is 0 Å². The zero-order valence-corrected chi connectivity index (χ0v) is 4.48. The number of nitrogens with one attached hydrogen (secondary N) is 1. The van der Waals surface area contributed by atoms with Gasteiger partial charge in [-0.2, -0.15) is 0 Å². The van der Waals surface area contributed by atoms with Crippen LogP contribution in [0.15, 0.2) is 0 Å². The molecule has 3 N–H and O–H groups in total. The lowest BCUT2D eigenvalue weighted by Crippen LogP contribution is -2.23. The zero-order chi connectivity index (χ0) is 5.78. The topological polar surface area (TPSA) is 55.1 Å². The molecule has 2 unspecified atom stereocenters. The van der Waals surface area contributed by atoms with Crippen molar-refractivity contribution in [3.63, 3.8) is 0 Å². The Hall–Kier alpha value is -0.570. The van der Waals surface area contributed by atoms with Gasteiger partial charge in [0, 0.05) is 18.0 Å². The van der Waals surface area contributed by atoms with Crippen LogP contribution in [0.1, 0.15) is 12.8 Å². The number of piperidine rings is 1. The summed E-state index contributed by atoms with van der Waals surface area (Å²) in [6.45, 7) is 0. The second kappa shape index (κ2) is 0.910. The first-order valence-electron chi connectivity index (χ1n) is 2.79. The molecule has 1 heterocycles. The Morgan fingerprint density at radius 3 is 2.88 bits per heavy atom. The predicted octanol–water partition coefficient (Wildman–Crippen LogP) is -1.02. The van der Waals surface area contributed by atoms with Gasteiger partial charge in [-0.1, -0.05) is 0 Å². The van der Waals surface area contributed by atoms with Crippen molar-refractivity contribution in [1.82, 2.24) is 5.32 Å². The van der Waals surface area contributed by atoms with Crippen molar-refractivity contribution in [3.8, 4) is 0 Å². The van der Waals surface area contributed by atoms with E-state index in [-0.39, 0.29) is 11.4 Å². The lowest BCUT2D eigenvalue weighted by molar-refractivity contribution is -0.120.